The van der Waals surface area contributed by atoms with Crippen LogP contribution in [0, 0.1) is 6.92 Å². The van der Waals surface area contributed by atoms with Gasteiger partial charge in [-0.15, -0.1) is 0 Å². The zero-order valence-corrected chi connectivity index (χ0v) is 12.2. The molecule has 0 atom stereocenters. The van der Waals surface area contributed by atoms with Crippen molar-refractivity contribution in [2.75, 3.05) is 19.0 Å². The van der Waals surface area contributed by atoms with Gasteiger partial charge in [0.25, 0.3) is 0 Å². The van der Waals surface area contributed by atoms with Crippen LogP contribution in [0.25, 0.3) is 0 Å². The summed E-state index contributed by atoms with van der Waals surface area (Å²) in [5.41, 5.74) is 7.32. The van der Waals surface area contributed by atoms with Crippen LogP contribution in [0.15, 0.2) is 22.7 Å². The number of aromatic nitrogens is 2. The molecule has 7 heteroatoms. The minimum atomic E-state index is 0.338. The van der Waals surface area contributed by atoms with E-state index in [1.54, 1.807) is 14.0 Å². The molecule has 0 aliphatic rings. The minimum Gasteiger partial charge on any atom is -0.497 e. The van der Waals surface area contributed by atoms with Gasteiger partial charge in [-0.1, -0.05) is 17.4 Å². The van der Waals surface area contributed by atoms with Crippen molar-refractivity contribution in [1.29, 1.82) is 0 Å². The van der Waals surface area contributed by atoms with Gasteiger partial charge in [0.2, 0.25) is 5.89 Å². The second-order valence-corrected chi connectivity index (χ2v) is 4.62. The third-order valence-corrected chi connectivity index (χ3v) is 2.95. The Bertz CT molecular complexity index is 612. The number of nitrogens with zero attached hydrogens (tertiary/aromatic N) is 2. The van der Waals surface area contributed by atoms with Gasteiger partial charge in [-0.3, -0.25) is 0 Å². The summed E-state index contributed by atoms with van der Waals surface area (Å²) in [6, 6.07) is 5.51. The van der Waals surface area contributed by atoms with E-state index in [1.807, 2.05) is 18.2 Å². The van der Waals surface area contributed by atoms with Crippen molar-refractivity contribution >= 4 is 22.9 Å². The lowest BCUT2D eigenvalue weighted by Gasteiger charge is -2.12. The standard InChI is InChI=1S/C13H16N4O2S/c1-8-16-12(17-19-8)5-6-15-11-7-9(18-2)3-4-10(11)13(14)20/h3-4,7,15H,5-6H2,1-2H3,(H2,14,20). The smallest absolute Gasteiger partial charge is 0.223 e. The summed E-state index contributed by atoms with van der Waals surface area (Å²) >= 11 is 5.03. The highest BCUT2D eigenvalue weighted by atomic mass is 32.1. The van der Waals surface area contributed by atoms with Gasteiger partial charge in [0.1, 0.15) is 10.7 Å². The predicted octanol–water partition coefficient (Wildman–Crippen LogP) is 1.68. The molecule has 0 saturated carbocycles. The maximum atomic E-state index is 5.70. The molecule has 0 bridgehead atoms. The summed E-state index contributed by atoms with van der Waals surface area (Å²) in [5, 5.41) is 7.09. The molecule has 0 radical (unpaired) electrons. The van der Waals surface area contributed by atoms with Gasteiger partial charge in [0, 0.05) is 37.2 Å². The Labute approximate surface area is 122 Å². The number of ether oxygens (including phenoxy) is 1. The fourth-order valence-corrected chi connectivity index (χ4v) is 1.94. The van der Waals surface area contributed by atoms with Gasteiger partial charge in [0.15, 0.2) is 5.82 Å². The van der Waals surface area contributed by atoms with E-state index in [0.717, 1.165) is 17.0 Å². The van der Waals surface area contributed by atoms with Crippen LogP contribution in [-0.4, -0.2) is 28.8 Å². The fourth-order valence-electron chi connectivity index (χ4n) is 1.76. The van der Waals surface area contributed by atoms with Crippen LogP contribution < -0.4 is 15.8 Å². The van der Waals surface area contributed by atoms with Crippen molar-refractivity contribution in [2.45, 2.75) is 13.3 Å². The molecular weight excluding hydrogens is 276 g/mol. The first-order valence-electron chi connectivity index (χ1n) is 6.11. The van der Waals surface area contributed by atoms with E-state index in [9.17, 15) is 0 Å². The third kappa shape index (κ3) is 3.45. The second-order valence-electron chi connectivity index (χ2n) is 4.18. The van der Waals surface area contributed by atoms with Gasteiger partial charge < -0.3 is 20.3 Å². The molecule has 1 heterocycles. The topological polar surface area (TPSA) is 86.2 Å². The van der Waals surface area contributed by atoms with Crippen molar-refractivity contribution in [2.24, 2.45) is 5.73 Å². The third-order valence-electron chi connectivity index (χ3n) is 2.73. The molecule has 2 rings (SSSR count). The lowest BCUT2D eigenvalue weighted by molar-refractivity contribution is 0.387. The number of anilines is 1. The number of hydrogen-bond donors (Lipinski definition) is 2. The van der Waals surface area contributed by atoms with Crippen LogP contribution >= 0.6 is 12.2 Å². The number of methoxy groups -OCH3 is 1. The first-order chi connectivity index (χ1) is 9.60. The van der Waals surface area contributed by atoms with Gasteiger partial charge in [-0.2, -0.15) is 4.98 Å². The van der Waals surface area contributed by atoms with E-state index in [-0.39, 0.29) is 0 Å². The first kappa shape index (κ1) is 14.3. The van der Waals surface area contributed by atoms with Crippen molar-refractivity contribution in [1.82, 2.24) is 10.1 Å². The zero-order valence-electron chi connectivity index (χ0n) is 11.3. The average Bonchev–Trinajstić information content (AvgIpc) is 2.84. The fraction of sp³-hybridized carbons (Fsp3) is 0.308. The molecule has 6 nitrogen and oxygen atoms in total. The number of hydrogen-bond acceptors (Lipinski definition) is 6. The normalized spacial score (nSPS) is 10.3. The molecule has 0 saturated heterocycles. The average molecular weight is 292 g/mol. The molecule has 0 aliphatic heterocycles. The number of thiocarbonyl (C=S) groups is 1. The molecule has 0 fully saturated rings. The predicted molar refractivity (Wildman–Crippen MR) is 80.1 cm³/mol. The Morgan fingerprint density at radius 3 is 2.90 bits per heavy atom. The van der Waals surface area contributed by atoms with Crippen LogP contribution in [-0.2, 0) is 6.42 Å². The molecule has 1 aromatic carbocycles. The Kier molecular flexibility index (Phi) is 4.52. The molecule has 3 N–H and O–H groups in total. The number of benzene rings is 1. The lowest BCUT2D eigenvalue weighted by atomic mass is 10.1. The second kappa shape index (κ2) is 6.33. The summed E-state index contributed by atoms with van der Waals surface area (Å²) in [5.74, 6) is 1.96. The van der Waals surface area contributed by atoms with E-state index in [0.29, 0.717) is 29.7 Å². The number of rotatable bonds is 6. The van der Waals surface area contributed by atoms with Crippen LogP contribution in [0.5, 0.6) is 5.75 Å². The van der Waals surface area contributed by atoms with Gasteiger partial charge >= 0.3 is 0 Å². The molecule has 106 valence electrons. The van der Waals surface area contributed by atoms with E-state index in [1.165, 1.54) is 0 Å². The molecule has 0 spiro atoms. The number of nitrogens with two attached hydrogens (primary N) is 1. The lowest BCUT2D eigenvalue weighted by Crippen LogP contribution is -2.15. The Hall–Kier alpha value is -2.15. The van der Waals surface area contributed by atoms with Crippen LogP contribution in [0.4, 0.5) is 5.69 Å². The maximum Gasteiger partial charge on any atom is 0.223 e. The van der Waals surface area contributed by atoms with E-state index in [2.05, 4.69) is 15.5 Å². The highest BCUT2D eigenvalue weighted by molar-refractivity contribution is 7.80. The van der Waals surface area contributed by atoms with E-state index in [4.69, 9.17) is 27.2 Å². The first-order valence-corrected chi connectivity index (χ1v) is 6.52. The Morgan fingerprint density at radius 2 is 2.30 bits per heavy atom. The summed E-state index contributed by atoms with van der Waals surface area (Å²) < 4.78 is 10.1. The van der Waals surface area contributed by atoms with E-state index < -0.39 is 0 Å². The molecule has 2 aromatic rings. The molecule has 0 amide bonds. The summed E-state index contributed by atoms with van der Waals surface area (Å²) in [7, 11) is 1.61. The molecule has 0 unspecified atom stereocenters. The van der Waals surface area contributed by atoms with Gasteiger partial charge in [-0.05, 0) is 12.1 Å². The van der Waals surface area contributed by atoms with Crippen LogP contribution in [0.2, 0.25) is 0 Å². The molecule has 20 heavy (non-hydrogen) atoms. The van der Waals surface area contributed by atoms with Crippen molar-refractivity contribution in [3.63, 3.8) is 0 Å². The number of aryl methyl sites for hydroxylation is 1. The number of nitrogens with one attached hydrogen (secondary N) is 1. The van der Waals surface area contributed by atoms with Crippen LogP contribution in [0.3, 0.4) is 0 Å². The Balaban J connectivity index is 2.05. The van der Waals surface area contributed by atoms with Gasteiger partial charge in [-0.25, -0.2) is 0 Å². The van der Waals surface area contributed by atoms with Crippen LogP contribution in [0.1, 0.15) is 17.3 Å². The SMILES string of the molecule is COc1ccc(C(N)=S)c(NCCc2noc(C)n2)c1. The van der Waals surface area contributed by atoms with Gasteiger partial charge in [0.05, 0.1) is 7.11 Å². The zero-order chi connectivity index (χ0) is 14.5. The Morgan fingerprint density at radius 1 is 1.50 bits per heavy atom. The van der Waals surface area contributed by atoms with Crippen molar-refractivity contribution < 1.29 is 9.26 Å². The highest BCUT2D eigenvalue weighted by Crippen LogP contribution is 2.22. The van der Waals surface area contributed by atoms with E-state index >= 15 is 0 Å². The minimum absolute atomic E-state index is 0.338. The monoisotopic (exact) mass is 292 g/mol. The maximum absolute atomic E-state index is 5.70. The molecule has 1 aromatic heterocycles. The largest absolute Gasteiger partial charge is 0.497 e. The molecule has 0 aliphatic carbocycles. The summed E-state index contributed by atoms with van der Waals surface area (Å²) in [6.45, 7) is 2.40. The van der Waals surface area contributed by atoms with Crippen molar-refractivity contribution in [3.8, 4) is 5.75 Å². The summed E-state index contributed by atoms with van der Waals surface area (Å²) in [4.78, 5) is 4.48. The quantitative estimate of drug-likeness (QED) is 0.783. The van der Waals surface area contributed by atoms with Crippen molar-refractivity contribution in [3.05, 3.63) is 35.5 Å². The summed E-state index contributed by atoms with van der Waals surface area (Å²) in [6.07, 6.45) is 0.644. The molecular formula is C13H16N4O2S. The highest BCUT2D eigenvalue weighted by Gasteiger charge is 2.08.